The van der Waals surface area contributed by atoms with Crippen LogP contribution in [0.25, 0.3) is 0 Å². The van der Waals surface area contributed by atoms with E-state index in [0.717, 1.165) is 96.3 Å². The Morgan fingerprint density at radius 1 is 0.412 bits per heavy atom. The van der Waals surface area contributed by atoms with Gasteiger partial charge in [-0.1, -0.05) is 179 Å². The molecule has 0 fully saturated rings. The summed E-state index contributed by atoms with van der Waals surface area (Å²) in [7, 11) is 0. The molecule has 1 atom stereocenters. The van der Waals surface area contributed by atoms with E-state index >= 15 is 0 Å². The van der Waals surface area contributed by atoms with E-state index < -0.39 is 6.10 Å². The number of hydrogen-bond acceptors (Lipinski definition) is 6. The van der Waals surface area contributed by atoms with Gasteiger partial charge in [0.1, 0.15) is 13.2 Å². The monoisotopic (exact) mass is 717 g/mol. The molecule has 0 aromatic carbocycles. The third kappa shape index (κ3) is 38.7. The molecular formula is C45H80O6. The molecule has 0 saturated heterocycles. The van der Waals surface area contributed by atoms with Crippen LogP contribution in [0.1, 0.15) is 213 Å². The molecule has 0 N–H and O–H groups in total. The zero-order chi connectivity index (χ0) is 37.3. The number of rotatable bonds is 38. The van der Waals surface area contributed by atoms with Gasteiger partial charge in [0.05, 0.1) is 0 Å². The molecule has 51 heavy (non-hydrogen) atoms. The maximum Gasteiger partial charge on any atom is 0.306 e. The highest BCUT2D eigenvalue weighted by molar-refractivity contribution is 5.71. The summed E-state index contributed by atoms with van der Waals surface area (Å²) >= 11 is 0. The Morgan fingerprint density at radius 3 is 1.20 bits per heavy atom. The van der Waals surface area contributed by atoms with E-state index in [2.05, 4.69) is 57.2 Å². The Balaban J connectivity index is 4.33. The van der Waals surface area contributed by atoms with Crippen molar-refractivity contribution < 1.29 is 28.6 Å². The van der Waals surface area contributed by atoms with E-state index in [1.807, 2.05) is 0 Å². The summed E-state index contributed by atoms with van der Waals surface area (Å²) in [4.78, 5) is 37.5. The van der Waals surface area contributed by atoms with E-state index in [4.69, 9.17) is 14.2 Å². The van der Waals surface area contributed by atoms with Crippen molar-refractivity contribution >= 4 is 17.9 Å². The van der Waals surface area contributed by atoms with Gasteiger partial charge in [0, 0.05) is 19.3 Å². The van der Waals surface area contributed by atoms with E-state index in [9.17, 15) is 14.4 Å². The highest BCUT2D eigenvalue weighted by Gasteiger charge is 2.19. The summed E-state index contributed by atoms with van der Waals surface area (Å²) in [6, 6.07) is 0. The second-order valence-electron chi connectivity index (χ2n) is 14.2. The summed E-state index contributed by atoms with van der Waals surface area (Å²) in [5, 5.41) is 0. The van der Waals surface area contributed by atoms with Crippen molar-refractivity contribution in [2.45, 2.75) is 219 Å². The fraction of sp³-hybridized carbons (Fsp3) is 0.800. The Morgan fingerprint density at radius 2 is 0.765 bits per heavy atom. The summed E-state index contributed by atoms with van der Waals surface area (Å²) in [5.41, 5.74) is 0. The Labute approximate surface area is 315 Å². The molecule has 0 radical (unpaired) electrons. The zero-order valence-corrected chi connectivity index (χ0v) is 33.6. The Bertz CT molecular complexity index is 876. The van der Waals surface area contributed by atoms with Gasteiger partial charge in [-0.2, -0.15) is 0 Å². The molecule has 0 heterocycles. The molecule has 6 nitrogen and oxygen atoms in total. The third-order valence-corrected chi connectivity index (χ3v) is 9.16. The second kappa shape index (κ2) is 40.4. The topological polar surface area (TPSA) is 78.9 Å². The first-order valence-corrected chi connectivity index (χ1v) is 21.5. The average Bonchev–Trinajstić information content (AvgIpc) is 3.12. The number of hydrogen-bond donors (Lipinski definition) is 0. The van der Waals surface area contributed by atoms with Crippen molar-refractivity contribution in [1.82, 2.24) is 0 Å². The summed E-state index contributed by atoms with van der Waals surface area (Å²) < 4.78 is 16.6. The van der Waals surface area contributed by atoms with Crippen LogP contribution < -0.4 is 0 Å². The standard InChI is InChI=1S/C45H80O6/c1-4-7-10-13-16-18-20-21-22-23-25-26-29-32-35-38-44(47)50-41-42(40-49-43(46)37-34-31-28-15-12-9-6-3)51-45(48)39-36-33-30-27-24-19-17-14-11-8-5-2/h7,10,16,18,21-22,42H,4-6,8-9,11-15,17,19-20,23-41H2,1-3H3/b10-7-,18-16-,22-21-. The fourth-order valence-electron chi connectivity index (χ4n) is 5.93. The van der Waals surface area contributed by atoms with Crippen LogP contribution in [0.15, 0.2) is 36.5 Å². The molecule has 1 unspecified atom stereocenters. The van der Waals surface area contributed by atoms with Crippen LogP contribution in [0.5, 0.6) is 0 Å². The van der Waals surface area contributed by atoms with Crippen molar-refractivity contribution in [2.24, 2.45) is 0 Å². The SMILES string of the molecule is CC/C=C\C/C=C\C/C=C\CCCCCCCC(=O)OCC(COC(=O)CCCCCCCCC)OC(=O)CCCCCCCCCCCCC. The van der Waals surface area contributed by atoms with Crippen LogP contribution in [-0.2, 0) is 28.6 Å². The summed E-state index contributed by atoms with van der Waals surface area (Å²) in [6.07, 6.45) is 44.2. The van der Waals surface area contributed by atoms with E-state index in [1.165, 1.54) is 77.0 Å². The van der Waals surface area contributed by atoms with E-state index in [1.54, 1.807) is 0 Å². The smallest absolute Gasteiger partial charge is 0.306 e. The second-order valence-corrected chi connectivity index (χ2v) is 14.2. The minimum absolute atomic E-state index is 0.0757. The predicted octanol–water partition coefficient (Wildman–Crippen LogP) is 13.4. The highest BCUT2D eigenvalue weighted by Crippen LogP contribution is 2.14. The third-order valence-electron chi connectivity index (χ3n) is 9.16. The molecule has 6 heteroatoms. The molecule has 0 aliphatic carbocycles. The molecular weight excluding hydrogens is 636 g/mol. The van der Waals surface area contributed by atoms with Gasteiger partial charge in [0.15, 0.2) is 6.10 Å². The highest BCUT2D eigenvalue weighted by atomic mass is 16.6. The van der Waals surface area contributed by atoms with Crippen LogP contribution in [-0.4, -0.2) is 37.2 Å². The number of allylic oxidation sites excluding steroid dienone is 6. The summed E-state index contributed by atoms with van der Waals surface area (Å²) in [6.45, 7) is 6.45. The number of carbonyl (C=O) groups excluding carboxylic acids is 3. The van der Waals surface area contributed by atoms with Crippen molar-refractivity contribution in [1.29, 1.82) is 0 Å². The normalized spacial score (nSPS) is 12.3. The van der Waals surface area contributed by atoms with E-state index in [0.29, 0.717) is 19.3 Å². The quantitative estimate of drug-likeness (QED) is 0.0274. The largest absolute Gasteiger partial charge is 0.462 e. The average molecular weight is 717 g/mol. The molecule has 0 bridgehead atoms. The Kier molecular flexibility index (Phi) is 38.5. The van der Waals surface area contributed by atoms with Crippen molar-refractivity contribution in [3.8, 4) is 0 Å². The van der Waals surface area contributed by atoms with Crippen LogP contribution in [0.4, 0.5) is 0 Å². The first kappa shape index (κ1) is 48.6. The Hall–Kier alpha value is -2.37. The number of esters is 3. The molecule has 0 saturated carbocycles. The lowest BCUT2D eigenvalue weighted by Gasteiger charge is -2.18. The first-order chi connectivity index (χ1) is 25.0. The molecule has 0 spiro atoms. The number of ether oxygens (including phenoxy) is 3. The van der Waals surface area contributed by atoms with Crippen molar-refractivity contribution in [3.05, 3.63) is 36.5 Å². The van der Waals surface area contributed by atoms with Crippen LogP contribution in [0.2, 0.25) is 0 Å². The van der Waals surface area contributed by atoms with Gasteiger partial charge >= 0.3 is 17.9 Å². The maximum absolute atomic E-state index is 12.6. The molecule has 0 rings (SSSR count). The van der Waals surface area contributed by atoms with Crippen LogP contribution in [0.3, 0.4) is 0 Å². The van der Waals surface area contributed by atoms with Crippen molar-refractivity contribution in [2.75, 3.05) is 13.2 Å². The van der Waals surface area contributed by atoms with Gasteiger partial charge in [-0.05, 0) is 51.4 Å². The maximum atomic E-state index is 12.6. The minimum atomic E-state index is -0.770. The van der Waals surface area contributed by atoms with Crippen LogP contribution in [0, 0.1) is 0 Å². The van der Waals surface area contributed by atoms with Crippen LogP contribution >= 0.6 is 0 Å². The predicted molar refractivity (Wildman–Crippen MR) is 215 cm³/mol. The van der Waals surface area contributed by atoms with E-state index in [-0.39, 0.29) is 31.1 Å². The lowest BCUT2D eigenvalue weighted by Crippen LogP contribution is -2.30. The number of unbranched alkanes of at least 4 members (excludes halogenated alkanes) is 21. The van der Waals surface area contributed by atoms with Crippen molar-refractivity contribution in [3.63, 3.8) is 0 Å². The molecule has 0 aromatic heterocycles. The fourth-order valence-corrected chi connectivity index (χ4v) is 5.93. The zero-order valence-electron chi connectivity index (χ0n) is 33.6. The molecule has 0 aromatic rings. The summed E-state index contributed by atoms with van der Waals surface area (Å²) in [5.74, 6) is -0.901. The van der Waals surface area contributed by atoms with Gasteiger partial charge in [-0.25, -0.2) is 0 Å². The molecule has 0 amide bonds. The molecule has 296 valence electrons. The van der Waals surface area contributed by atoms with Gasteiger partial charge < -0.3 is 14.2 Å². The first-order valence-electron chi connectivity index (χ1n) is 21.5. The molecule has 0 aliphatic rings. The molecule has 0 aliphatic heterocycles. The minimum Gasteiger partial charge on any atom is -0.462 e. The van der Waals surface area contributed by atoms with Gasteiger partial charge in [-0.3, -0.25) is 14.4 Å². The van der Waals surface area contributed by atoms with Gasteiger partial charge in [0.2, 0.25) is 0 Å². The lowest BCUT2D eigenvalue weighted by molar-refractivity contribution is -0.167. The number of carbonyl (C=O) groups is 3. The van der Waals surface area contributed by atoms with Gasteiger partial charge in [0.25, 0.3) is 0 Å². The lowest BCUT2D eigenvalue weighted by atomic mass is 10.1. The van der Waals surface area contributed by atoms with Gasteiger partial charge in [-0.15, -0.1) is 0 Å².